The highest BCUT2D eigenvalue weighted by Crippen LogP contribution is 2.40. The monoisotopic (exact) mass is 220 g/mol. The topological polar surface area (TPSA) is 46.3 Å². The number of amides is 1. The van der Waals surface area contributed by atoms with Crippen LogP contribution in [0, 0.1) is 0 Å². The Balaban J connectivity index is 1.71. The SMILES string of the molecule is O=C(c1cc(C2CC2)on1)N1CCCCC1. The zero-order valence-electron chi connectivity index (χ0n) is 9.32. The van der Waals surface area contributed by atoms with E-state index in [1.807, 2.05) is 11.0 Å². The molecule has 0 radical (unpaired) electrons. The molecule has 2 heterocycles. The molecule has 1 aliphatic heterocycles. The quantitative estimate of drug-likeness (QED) is 0.767. The Morgan fingerprint density at radius 3 is 2.75 bits per heavy atom. The summed E-state index contributed by atoms with van der Waals surface area (Å²) in [6, 6.07) is 1.83. The lowest BCUT2D eigenvalue weighted by Gasteiger charge is -2.25. The van der Waals surface area contributed by atoms with Crippen LogP contribution < -0.4 is 0 Å². The van der Waals surface area contributed by atoms with Crippen molar-refractivity contribution in [3.05, 3.63) is 17.5 Å². The van der Waals surface area contributed by atoms with Gasteiger partial charge in [-0.2, -0.15) is 0 Å². The van der Waals surface area contributed by atoms with E-state index in [4.69, 9.17) is 4.52 Å². The molecule has 16 heavy (non-hydrogen) atoms. The maximum atomic E-state index is 12.1. The van der Waals surface area contributed by atoms with E-state index in [1.165, 1.54) is 19.3 Å². The third-order valence-corrected chi connectivity index (χ3v) is 3.37. The summed E-state index contributed by atoms with van der Waals surface area (Å²) in [5.74, 6) is 1.45. The molecule has 0 bridgehead atoms. The highest BCUT2D eigenvalue weighted by molar-refractivity contribution is 5.92. The van der Waals surface area contributed by atoms with Crippen LogP contribution in [0.2, 0.25) is 0 Å². The number of carbonyl (C=O) groups is 1. The van der Waals surface area contributed by atoms with Gasteiger partial charge < -0.3 is 9.42 Å². The third kappa shape index (κ3) is 1.84. The number of piperidine rings is 1. The van der Waals surface area contributed by atoms with Gasteiger partial charge in [0.25, 0.3) is 5.91 Å². The average Bonchev–Trinajstić information content (AvgIpc) is 3.08. The highest BCUT2D eigenvalue weighted by atomic mass is 16.5. The Morgan fingerprint density at radius 1 is 1.31 bits per heavy atom. The maximum absolute atomic E-state index is 12.1. The maximum Gasteiger partial charge on any atom is 0.276 e. The first-order chi connectivity index (χ1) is 7.84. The molecule has 2 aliphatic rings. The number of hydrogen-bond acceptors (Lipinski definition) is 3. The van der Waals surface area contributed by atoms with Gasteiger partial charge in [0.05, 0.1) is 0 Å². The van der Waals surface area contributed by atoms with E-state index < -0.39 is 0 Å². The fraction of sp³-hybridized carbons (Fsp3) is 0.667. The largest absolute Gasteiger partial charge is 0.360 e. The molecule has 1 aliphatic carbocycles. The van der Waals surface area contributed by atoms with Gasteiger partial charge in [0.2, 0.25) is 0 Å². The molecule has 4 heteroatoms. The molecular weight excluding hydrogens is 204 g/mol. The van der Waals surface area contributed by atoms with Crippen molar-refractivity contribution in [3.8, 4) is 0 Å². The summed E-state index contributed by atoms with van der Waals surface area (Å²) >= 11 is 0. The van der Waals surface area contributed by atoms with E-state index in [0.717, 1.165) is 31.7 Å². The molecule has 4 nitrogen and oxygen atoms in total. The lowest BCUT2D eigenvalue weighted by molar-refractivity contribution is 0.0713. The molecule has 0 spiro atoms. The van der Waals surface area contributed by atoms with Gasteiger partial charge in [0.15, 0.2) is 5.69 Å². The lowest BCUT2D eigenvalue weighted by Crippen LogP contribution is -2.35. The zero-order valence-corrected chi connectivity index (χ0v) is 9.32. The standard InChI is InChI=1S/C12H16N2O2/c15-12(14-6-2-1-3-7-14)10-8-11(16-13-10)9-4-5-9/h8-9H,1-7H2. The van der Waals surface area contributed by atoms with Gasteiger partial charge in [-0.3, -0.25) is 4.79 Å². The van der Waals surface area contributed by atoms with Crippen LogP contribution >= 0.6 is 0 Å². The minimum Gasteiger partial charge on any atom is -0.360 e. The summed E-state index contributed by atoms with van der Waals surface area (Å²) in [6.07, 6.45) is 5.80. The number of nitrogens with zero attached hydrogens (tertiary/aromatic N) is 2. The lowest BCUT2D eigenvalue weighted by atomic mass is 10.1. The Bertz CT molecular complexity index is 389. The Hall–Kier alpha value is -1.32. The van der Waals surface area contributed by atoms with Gasteiger partial charge in [-0.1, -0.05) is 5.16 Å². The number of likely N-dealkylation sites (tertiary alicyclic amines) is 1. The molecule has 0 N–H and O–H groups in total. The molecule has 0 unspecified atom stereocenters. The molecule has 1 saturated carbocycles. The molecule has 0 atom stereocenters. The number of rotatable bonds is 2. The first-order valence-electron chi connectivity index (χ1n) is 6.10. The van der Waals surface area contributed by atoms with E-state index in [-0.39, 0.29) is 5.91 Å². The number of hydrogen-bond donors (Lipinski definition) is 0. The average molecular weight is 220 g/mol. The first-order valence-corrected chi connectivity index (χ1v) is 6.10. The van der Waals surface area contributed by atoms with Crippen molar-refractivity contribution in [2.45, 2.75) is 38.0 Å². The van der Waals surface area contributed by atoms with Gasteiger partial charge in [0.1, 0.15) is 5.76 Å². The van der Waals surface area contributed by atoms with Crippen molar-refractivity contribution in [2.24, 2.45) is 0 Å². The Kier molecular flexibility index (Phi) is 2.42. The molecule has 86 valence electrons. The van der Waals surface area contributed by atoms with Gasteiger partial charge in [0, 0.05) is 25.1 Å². The predicted octanol–water partition coefficient (Wildman–Crippen LogP) is 2.18. The number of carbonyl (C=O) groups excluding carboxylic acids is 1. The molecule has 2 fully saturated rings. The predicted molar refractivity (Wildman–Crippen MR) is 58.2 cm³/mol. The highest BCUT2D eigenvalue weighted by Gasteiger charge is 2.30. The first kappa shape index (κ1) is 9.87. The molecule has 1 aromatic heterocycles. The van der Waals surface area contributed by atoms with Crippen LogP contribution in [-0.4, -0.2) is 29.1 Å². The van der Waals surface area contributed by atoms with Gasteiger partial charge in [-0.15, -0.1) is 0 Å². The molecule has 1 saturated heterocycles. The summed E-state index contributed by atoms with van der Waals surface area (Å²) in [6.45, 7) is 1.73. The minimum atomic E-state index is 0.0374. The second kappa shape index (κ2) is 3.92. The van der Waals surface area contributed by atoms with E-state index in [1.54, 1.807) is 0 Å². The van der Waals surface area contributed by atoms with E-state index in [0.29, 0.717) is 11.6 Å². The van der Waals surface area contributed by atoms with Crippen molar-refractivity contribution in [1.29, 1.82) is 0 Å². The summed E-state index contributed by atoms with van der Waals surface area (Å²) in [7, 11) is 0. The molecule has 0 aromatic carbocycles. The summed E-state index contributed by atoms with van der Waals surface area (Å²) in [5, 5.41) is 3.89. The number of aromatic nitrogens is 1. The van der Waals surface area contributed by atoms with E-state index in [2.05, 4.69) is 5.16 Å². The Labute approximate surface area is 94.6 Å². The second-order valence-corrected chi connectivity index (χ2v) is 4.74. The van der Waals surface area contributed by atoms with E-state index >= 15 is 0 Å². The van der Waals surface area contributed by atoms with Crippen LogP contribution in [0.5, 0.6) is 0 Å². The minimum absolute atomic E-state index is 0.0374. The third-order valence-electron chi connectivity index (χ3n) is 3.37. The fourth-order valence-electron chi connectivity index (χ4n) is 2.21. The smallest absolute Gasteiger partial charge is 0.276 e. The molecule has 1 amide bonds. The van der Waals surface area contributed by atoms with Crippen molar-refractivity contribution in [1.82, 2.24) is 10.1 Å². The normalized spacial score (nSPS) is 21.1. The van der Waals surface area contributed by atoms with Gasteiger partial charge >= 0.3 is 0 Å². The van der Waals surface area contributed by atoms with Crippen LogP contribution in [0.3, 0.4) is 0 Å². The van der Waals surface area contributed by atoms with Crippen molar-refractivity contribution >= 4 is 5.91 Å². The van der Waals surface area contributed by atoms with Crippen LogP contribution in [-0.2, 0) is 0 Å². The van der Waals surface area contributed by atoms with Crippen LogP contribution in [0.25, 0.3) is 0 Å². The zero-order chi connectivity index (χ0) is 11.0. The summed E-state index contributed by atoms with van der Waals surface area (Å²) in [5.41, 5.74) is 0.490. The van der Waals surface area contributed by atoms with Gasteiger partial charge in [-0.05, 0) is 32.1 Å². The molecular formula is C12H16N2O2. The molecule has 3 rings (SSSR count). The molecule has 1 aromatic rings. The van der Waals surface area contributed by atoms with Crippen LogP contribution in [0.4, 0.5) is 0 Å². The van der Waals surface area contributed by atoms with Gasteiger partial charge in [-0.25, -0.2) is 0 Å². The van der Waals surface area contributed by atoms with Crippen LogP contribution in [0.1, 0.15) is 54.3 Å². The second-order valence-electron chi connectivity index (χ2n) is 4.74. The summed E-state index contributed by atoms with van der Waals surface area (Å²) in [4.78, 5) is 13.9. The van der Waals surface area contributed by atoms with Crippen molar-refractivity contribution in [2.75, 3.05) is 13.1 Å². The fourth-order valence-corrected chi connectivity index (χ4v) is 2.21. The van der Waals surface area contributed by atoms with E-state index in [9.17, 15) is 4.79 Å². The van der Waals surface area contributed by atoms with Crippen molar-refractivity contribution < 1.29 is 9.32 Å². The summed E-state index contributed by atoms with van der Waals surface area (Å²) < 4.78 is 5.20. The van der Waals surface area contributed by atoms with Crippen molar-refractivity contribution in [3.63, 3.8) is 0 Å². The van der Waals surface area contributed by atoms with Crippen LogP contribution in [0.15, 0.2) is 10.6 Å². The Morgan fingerprint density at radius 2 is 2.06 bits per heavy atom.